The van der Waals surface area contributed by atoms with E-state index in [4.69, 9.17) is 12.2 Å². The van der Waals surface area contributed by atoms with E-state index in [0.717, 1.165) is 15.7 Å². The van der Waals surface area contributed by atoms with Crippen molar-refractivity contribution in [2.75, 3.05) is 5.32 Å². The molecule has 3 rings (SSSR count). The summed E-state index contributed by atoms with van der Waals surface area (Å²) in [5.74, 6) is 0. The average Bonchev–Trinajstić information content (AvgIpc) is 2.64. The van der Waals surface area contributed by atoms with Gasteiger partial charge in [0.2, 0.25) is 0 Å². The Kier molecular flexibility index (Phi) is 6.07. The molecule has 0 aliphatic rings. The Bertz CT molecular complexity index is 909. The molecule has 4 heteroatoms. The van der Waals surface area contributed by atoms with Crippen molar-refractivity contribution >= 4 is 38.9 Å². The van der Waals surface area contributed by atoms with Gasteiger partial charge in [-0.3, -0.25) is 0 Å². The van der Waals surface area contributed by atoms with Crippen LogP contribution in [-0.2, 0) is 0 Å². The highest BCUT2D eigenvalue weighted by molar-refractivity contribution is 9.10. The average molecular weight is 425 g/mol. The SMILES string of the molecule is Cc1cc(NC(=S)NC(c2ccccc2)c2ccccc2C)ccc1Br. The summed E-state index contributed by atoms with van der Waals surface area (Å²) in [7, 11) is 0. The molecule has 132 valence electrons. The molecule has 0 amide bonds. The van der Waals surface area contributed by atoms with E-state index in [1.807, 2.05) is 18.2 Å². The number of halogens is 1. The first kappa shape index (κ1) is 18.6. The summed E-state index contributed by atoms with van der Waals surface area (Å²) in [6.45, 7) is 4.19. The molecule has 2 N–H and O–H groups in total. The van der Waals surface area contributed by atoms with Gasteiger partial charge in [0.25, 0.3) is 0 Å². The predicted molar refractivity (Wildman–Crippen MR) is 118 cm³/mol. The Morgan fingerprint density at radius 1 is 0.885 bits per heavy atom. The van der Waals surface area contributed by atoms with Crippen molar-refractivity contribution in [3.05, 3.63) is 99.5 Å². The number of hydrogen-bond donors (Lipinski definition) is 2. The third-order valence-corrected chi connectivity index (χ3v) is 5.43. The highest BCUT2D eigenvalue weighted by Crippen LogP contribution is 2.25. The van der Waals surface area contributed by atoms with Gasteiger partial charge >= 0.3 is 0 Å². The van der Waals surface area contributed by atoms with Crippen LogP contribution in [0.2, 0.25) is 0 Å². The van der Waals surface area contributed by atoms with Crippen molar-refractivity contribution in [2.45, 2.75) is 19.9 Å². The molecule has 3 aromatic carbocycles. The lowest BCUT2D eigenvalue weighted by molar-refractivity contribution is 0.762. The van der Waals surface area contributed by atoms with Crippen LogP contribution in [0.1, 0.15) is 28.3 Å². The number of nitrogens with one attached hydrogen (secondary N) is 2. The summed E-state index contributed by atoms with van der Waals surface area (Å²) in [4.78, 5) is 0. The quantitative estimate of drug-likeness (QED) is 0.491. The van der Waals surface area contributed by atoms with E-state index in [0.29, 0.717) is 5.11 Å². The van der Waals surface area contributed by atoms with Crippen LogP contribution >= 0.6 is 28.1 Å². The smallest absolute Gasteiger partial charge is 0.171 e. The topological polar surface area (TPSA) is 24.1 Å². The van der Waals surface area contributed by atoms with E-state index < -0.39 is 0 Å². The van der Waals surface area contributed by atoms with Gasteiger partial charge in [-0.1, -0.05) is 70.5 Å². The van der Waals surface area contributed by atoms with Crippen molar-refractivity contribution in [2.24, 2.45) is 0 Å². The van der Waals surface area contributed by atoms with Crippen molar-refractivity contribution < 1.29 is 0 Å². The second-order valence-electron chi connectivity index (χ2n) is 6.26. The molecule has 0 radical (unpaired) electrons. The number of benzene rings is 3. The molecule has 2 nitrogen and oxygen atoms in total. The van der Waals surface area contributed by atoms with E-state index in [9.17, 15) is 0 Å². The third-order valence-electron chi connectivity index (χ3n) is 4.32. The van der Waals surface area contributed by atoms with Crippen LogP contribution in [0.15, 0.2) is 77.3 Å². The predicted octanol–water partition coefficient (Wildman–Crippen LogP) is 6.14. The molecule has 0 bridgehead atoms. The molecule has 0 heterocycles. The van der Waals surface area contributed by atoms with Gasteiger partial charge in [0, 0.05) is 10.2 Å². The van der Waals surface area contributed by atoms with Gasteiger partial charge in [-0.15, -0.1) is 0 Å². The van der Waals surface area contributed by atoms with Gasteiger partial charge in [-0.25, -0.2) is 0 Å². The van der Waals surface area contributed by atoms with Crippen LogP contribution in [0.5, 0.6) is 0 Å². The maximum Gasteiger partial charge on any atom is 0.171 e. The van der Waals surface area contributed by atoms with Gasteiger partial charge in [0.05, 0.1) is 6.04 Å². The second-order valence-corrected chi connectivity index (χ2v) is 7.53. The minimum Gasteiger partial charge on any atom is -0.352 e. The molecule has 26 heavy (non-hydrogen) atoms. The van der Waals surface area contributed by atoms with Gasteiger partial charge in [0.15, 0.2) is 5.11 Å². The molecule has 0 spiro atoms. The third kappa shape index (κ3) is 4.51. The normalized spacial score (nSPS) is 11.7. The van der Waals surface area contributed by atoms with Gasteiger partial charge in [0.1, 0.15) is 0 Å². The Morgan fingerprint density at radius 2 is 1.58 bits per heavy atom. The number of thiocarbonyl (C=S) groups is 1. The fraction of sp³-hybridized carbons (Fsp3) is 0.136. The second kappa shape index (κ2) is 8.47. The van der Waals surface area contributed by atoms with Crippen molar-refractivity contribution in [1.29, 1.82) is 0 Å². The lowest BCUT2D eigenvalue weighted by Gasteiger charge is -2.23. The Labute approximate surface area is 168 Å². The highest BCUT2D eigenvalue weighted by Gasteiger charge is 2.17. The molecule has 0 saturated heterocycles. The first-order valence-electron chi connectivity index (χ1n) is 8.49. The molecular weight excluding hydrogens is 404 g/mol. The minimum atomic E-state index is -0.00561. The summed E-state index contributed by atoms with van der Waals surface area (Å²) in [5.41, 5.74) is 5.76. The van der Waals surface area contributed by atoms with Crippen LogP contribution in [0.3, 0.4) is 0 Å². The van der Waals surface area contributed by atoms with E-state index >= 15 is 0 Å². The maximum atomic E-state index is 5.60. The Balaban J connectivity index is 1.85. The molecule has 0 fully saturated rings. The summed E-state index contributed by atoms with van der Waals surface area (Å²) in [5, 5.41) is 7.38. The Hall–Kier alpha value is -2.17. The molecule has 0 aliphatic heterocycles. The monoisotopic (exact) mass is 424 g/mol. The molecule has 0 saturated carbocycles. The largest absolute Gasteiger partial charge is 0.352 e. The highest BCUT2D eigenvalue weighted by atomic mass is 79.9. The first-order valence-corrected chi connectivity index (χ1v) is 9.69. The summed E-state index contributed by atoms with van der Waals surface area (Å²) < 4.78 is 1.09. The lowest BCUT2D eigenvalue weighted by Crippen LogP contribution is -2.33. The van der Waals surface area contributed by atoms with Gasteiger partial charge in [-0.05, 0) is 66.5 Å². The number of aryl methyl sites for hydroxylation is 2. The molecule has 1 atom stereocenters. The van der Waals surface area contributed by atoms with Crippen LogP contribution < -0.4 is 10.6 Å². The molecular formula is C22H21BrN2S. The fourth-order valence-electron chi connectivity index (χ4n) is 2.92. The number of anilines is 1. The van der Waals surface area contributed by atoms with Crippen LogP contribution in [-0.4, -0.2) is 5.11 Å². The summed E-state index contributed by atoms with van der Waals surface area (Å²) in [6.07, 6.45) is 0. The van der Waals surface area contributed by atoms with E-state index in [1.165, 1.54) is 16.7 Å². The van der Waals surface area contributed by atoms with Crippen molar-refractivity contribution in [3.8, 4) is 0 Å². The summed E-state index contributed by atoms with van der Waals surface area (Å²) >= 11 is 9.13. The van der Waals surface area contributed by atoms with Crippen molar-refractivity contribution in [1.82, 2.24) is 5.32 Å². The van der Waals surface area contributed by atoms with Gasteiger partial charge in [-0.2, -0.15) is 0 Å². The number of hydrogen-bond acceptors (Lipinski definition) is 1. The van der Waals surface area contributed by atoms with Gasteiger partial charge < -0.3 is 10.6 Å². The Morgan fingerprint density at radius 3 is 2.27 bits per heavy atom. The van der Waals surface area contributed by atoms with Crippen LogP contribution in [0, 0.1) is 13.8 Å². The molecule has 0 aromatic heterocycles. The first-order chi connectivity index (χ1) is 12.5. The van der Waals surface area contributed by atoms with Crippen LogP contribution in [0.25, 0.3) is 0 Å². The summed E-state index contributed by atoms with van der Waals surface area (Å²) in [6, 6.07) is 24.9. The minimum absolute atomic E-state index is 0.00561. The maximum absolute atomic E-state index is 5.60. The standard InChI is InChI=1S/C22H21BrN2S/c1-15-8-6-7-11-19(15)21(17-9-4-3-5-10-17)25-22(26)24-18-12-13-20(23)16(2)14-18/h3-14,21H,1-2H3,(H2,24,25,26). The number of rotatable bonds is 4. The van der Waals surface area contributed by atoms with Crippen LogP contribution in [0.4, 0.5) is 5.69 Å². The van der Waals surface area contributed by atoms with Crippen molar-refractivity contribution in [3.63, 3.8) is 0 Å². The van der Waals surface area contributed by atoms with E-state index in [1.54, 1.807) is 0 Å². The molecule has 0 aliphatic carbocycles. The molecule has 3 aromatic rings. The lowest BCUT2D eigenvalue weighted by atomic mass is 9.95. The van der Waals surface area contributed by atoms with E-state index in [2.05, 4.69) is 95.0 Å². The zero-order chi connectivity index (χ0) is 18.5. The fourth-order valence-corrected chi connectivity index (χ4v) is 3.40. The zero-order valence-corrected chi connectivity index (χ0v) is 17.2. The zero-order valence-electron chi connectivity index (χ0n) is 14.8. The van der Waals surface area contributed by atoms with E-state index in [-0.39, 0.29) is 6.04 Å². The molecule has 1 unspecified atom stereocenters.